The first-order valence-electron chi connectivity index (χ1n) is 10.2. The molecule has 0 spiro atoms. The number of hydrogen-bond donors (Lipinski definition) is 0. The van der Waals surface area contributed by atoms with Gasteiger partial charge in [0.1, 0.15) is 5.92 Å². The zero-order valence-electron chi connectivity index (χ0n) is 17.9. The fraction of sp³-hybridized carbons (Fsp3) is 0.522. The van der Waals surface area contributed by atoms with Gasteiger partial charge in [0.2, 0.25) is 6.79 Å². The number of carbonyl (C=O) groups excluding carboxylic acids is 2. The highest BCUT2D eigenvalue weighted by Crippen LogP contribution is 2.51. The number of benzene rings is 1. The summed E-state index contributed by atoms with van der Waals surface area (Å²) in [5, 5.41) is 0. The third kappa shape index (κ3) is 3.68. The highest BCUT2D eigenvalue weighted by Gasteiger charge is 2.47. The smallest absolute Gasteiger partial charge is 0.315 e. The number of ketones is 1. The molecule has 30 heavy (non-hydrogen) atoms. The van der Waals surface area contributed by atoms with Crippen molar-refractivity contribution in [2.45, 2.75) is 59.5 Å². The Hall–Kier alpha value is -2.15. The maximum Gasteiger partial charge on any atom is 0.315 e. The number of aliphatic imine (C=N–C) groups is 1. The van der Waals surface area contributed by atoms with Gasteiger partial charge in [-0.05, 0) is 50.3 Å². The molecule has 0 saturated heterocycles. The summed E-state index contributed by atoms with van der Waals surface area (Å²) >= 11 is 3.63. The molecule has 0 fully saturated rings. The largest absolute Gasteiger partial charge is 0.462 e. The molecular weight excluding hydrogens is 450 g/mol. The molecule has 2 aliphatic heterocycles. The predicted octanol–water partition coefficient (Wildman–Crippen LogP) is 4.95. The van der Waals surface area contributed by atoms with Crippen LogP contribution in [0.2, 0.25) is 0 Å². The summed E-state index contributed by atoms with van der Waals surface area (Å²) in [6, 6.07) is 3.70. The van der Waals surface area contributed by atoms with Crippen LogP contribution in [0.3, 0.4) is 0 Å². The zero-order chi connectivity index (χ0) is 21.8. The molecule has 0 aromatic heterocycles. The van der Waals surface area contributed by atoms with Gasteiger partial charge in [-0.3, -0.25) is 14.6 Å². The number of Topliss-reactive ketones (excluding diaryl/α,β-unsaturated/α-hetero) is 1. The second-order valence-electron chi connectivity index (χ2n) is 9.22. The Kier molecular flexibility index (Phi) is 5.29. The van der Waals surface area contributed by atoms with Gasteiger partial charge in [0.15, 0.2) is 17.3 Å². The first kappa shape index (κ1) is 21.1. The minimum Gasteiger partial charge on any atom is -0.462 e. The monoisotopic (exact) mass is 475 g/mol. The lowest BCUT2D eigenvalue weighted by Gasteiger charge is -2.39. The van der Waals surface area contributed by atoms with Crippen molar-refractivity contribution in [3.63, 3.8) is 0 Å². The molecule has 6 nitrogen and oxygen atoms in total. The minimum atomic E-state index is -0.673. The van der Waals surface area contributed by atoms with E-state index in [1.165, 1.54) is 0 Å². The first-order chi connectivity index (χ1) is 14.1. The molecule has 1 aliphatic carbocycles. The normalized spacial score (nSPS) is 24.6. The van der Waals surface area contributed by atoms with E-state index in [-0.39, 0.29) is 30.1 Å². The van der Waals surface area contributed by atoms with Crippen LogP contribution in [0.15, 0.2) is 32.9 Å². The van der Waals surface area contributed by atoms with Crippen LogP contribution >= 0.6 is 15.9 Å². The lowest BCUT2D eigenvalue weighted by atomic mass is 9.67. The maximum absolute atomic E-state index is 13.3. The van der Waals surface area contributed by atoms with Crippen LogP contribution < -0.4 is 9.47 Å². The summed E-state index contributed by atoms with van der Waals surface area (Å²) in [6.45, 7) is 9.77. The highest BCUT2D eigenvalue weighted by molar-refractivity contribution is 9.10. The van der Waals surface area contributed by atoms with Crippen molar-refractivity contribution in [2.24, 2.45) is 16.3 Å². The van der Waals surface area contributed by atoms with E-state index in [4.69, 9.17) is 19.2 Å². The van der Waals surface area contributed by atoms with Crippen LogP contribution in [0.5, 0.6) is 11.5 Å². The quantitative estimate of drug-likeness (QED) is 0.578. The number of rotatable bonds is 3. The molecule has 3 aliphatic rings. The summed E-state index contributed by atoms with van der Waals surface area (Å²) in [7, 11) is 0. The number of ether oxygens (including phenoxy) is 3. The number of halogens is 1. The molecule has 0 saturated carbocycles. The van der Waals surface area contributed by atoms with Gasteiger partial charge in [-0.15, -0.1) is 0 Å². The van der Waals surface area contributed by atoms with Gasteiger partial charge in [0, 0.05) is 33.8 Å². The molecule has 1 aromatic carbocycles. The lowest BCUT2D eigenvalue weighted by Crippen LogP contribution is -2.40. The second-order valence-corrected chi connectivity index (χ2v) is 10.1. The average Bonchev–Trinajstić information content (AvgIpc) is 3.04. The molecule has 0 bridgehead atoms. The summed E-state index contributed by atoms with van der Waals surface area (Å²) in [6.07, 6.45) is 0.851. The summed E-state index contributed by atoms with van der Waals surface area (Å²) in [5.74, 6) is -0.253. The minimum absolute atomic E-state index is 0.0365. The molecule has 2 atom stereocenters. The Morgan fingerprint density at radius 2 is 1.90 bits per heavy atom. The second kappa shape index (κ2) is 7.52. The molecule has 4 rings (SSSR count). The zero-order valence-corrected chi connectivity index (χ0v) is 19.5. The van der Waals surface area contributed by atoms with Gasteiger partial charge in [-0.25, -0.2) is 0 Å². The van der Waals surface area contributed by atoms with Crippen LogP contribution in [-0.2, 0) is 14.3 Å². The predicted molar refractivity (Wildman–Crippen MR) is 116 cm³/mol. The van der Waals surface area contributed by atoms with E-state index in [1.54, 1.807) is 0 Å². The molecular formula is C23H26BrNO5. The van der Waals surface area contributed by atoms with Crippen molar-refractivity contribution in [3.8, 4) is 11.5 Å². The van der Waals surface area contributed by atoms with Crippen LogP contribution in [0.25, 0.3) is 0 Å². The molecule has 2 heterocycles. The molecule has 0 amide bonds. The Morgan fingerprint density at radius 3 is 2.57 bits per heavy atom. The number of carbonyl (C=O) groups is 2. The van der Waals surface area contributed by atoms with Gasteiger partial charge in [0.05, 0.1) is 6.10 Å². The first-order valence-corrected chi connectivity index (χ1v) is 11.0. The van der Waals surface area contributed by atoms with Crippen molar-refractivity contribution in [1.29, 1.82) is 0 Å². The van der Waals surface area contributed by atoms with Gasteiger partial charge < -0.3 is 14.2 Å². The van der Waals surface area contributed by atoms with E-state index < -0.39 is 11.8 Å². The molecule has 0 radical (unpaired) electrons. The molecule has 1 unspecified atom stereocenters. The summed E-state index contributed by atoms with van der Waals surface area (Å²) < 4.78 is 17.4. The highest BCUT2D eigenvalue weighted by atomic mass is 79.9. The number of hydrogen-bond acceptors (Lipinski definition) is 6. The standard InChI is InChI=1S/C23H26BrNO5/c1-11(2)30-22(27)19-12(3)25-15-8-23(4,5)9-16(26)21(15)20(19)13-6-17-18(7-14(13)24)29-10-28-17/h6-7,11,19-20H,8-10H2,1-5H3/t19?,20-/m0/s1. The summed E-state index contributed by atoms with van der Waals surface area (Å²) in [5.41, 5.74) is 2.70. The lowest BCUT2D eigenvalue weighted by molar-refractivity contribution is -0.150. The van der Waals surface area contributed by atoms with Crippen molar-refractivity contribution >= 4 is 33.4 Å². The summed E-state index contributed by atoms with van der Waals surface area (Å²) in [4.78, 5) is 31.2. The van der Waals surface area contributed by atoms with Gasteiger partial charge in [-0.2, -0.15) is 0 Å². The van der Waals surface area contributed by atoms with Crippen molar-refractivity contribution in [1.82, 2.24) is 0 Å². The Bertz CT molecular complexity index is 992. The Balaban J connectivity index is 1.90. The fourth-order valence-corrected chi connectivity index (χ4v) is 5.13. The Labute approximate surface area is 184 Å². The van der Waals surface area contributed by atoms with Gasteiger partial charge in [-0.1, -0.05) is 29.8 Å². The van der Waals surface area contributed by atoms with Gasteiger partial charge in [0.25, 0.3) is 0 Å². The average molecular weight is 476 g/mol. The van der Waals surface area contributed by atoms with E-state index in [0.717, 1.165) is 15.7 Å². The van der Waals surface area contributed by atoms with Crippen LogP contribution in [0.1, 0.15) is 58.9 Å². The Morgan fingerprint density at radius 1 is 1.23 bits per heavy atom. The number of fused-ring (bicyclic) bond motifs is 1. The maximum atomic E-state index is 13.3. The van der Waals surface area contributed by atoms with Gasteiger partial charge >= 0.3 is 5.97 Å². The van der Waals surface area contributed by atoms with Crippen molar-refractivity contribution in [3.05, 3.63) is 33.4 Å². The third-order valence-electron chi connectivity index (χ3n) is 5.73. The van der Waals surface area contributed by atoms with E-state index in [1.807, 2.05) is 32.9 Å². The topological polar surface area (TPSA) is 74.2 Å². The van der Waals surface area contributed by atoms with Crippen molar-refractivity contribution in [2.75, 3.05) is 6.79 Å². The number of allylic oxidation sites excluding steroid dienone is 2. The van der Waals surface area contributed by atoms with E-state index in [9.17, 15) is 9.59 Å². The SMILES string of the molecule is CC1=NC2=C(C(=O)CC(C)(C)C2)[C@@H](c2cc3c(cc2Br)OCO3)C1C(=O)OC(C)C. The number of nitrogens with zero attached hydrogens (tertiary/aromatic N) is 1. The molecule has 7 heteroatoms. The van der Waals surface area contributed by atoms with E-state index >= 15 is 0 Å². The van der Waals surface area contributed by atoms with E-state index in [2.05, 4.69) is 29.8 Å². The third-order valence-corrected chi connectivity index (χ3v) is 6.42. The van der Waals surface area contributed by atoms with Crippen LogP contribution in [0.4, 0.5) is 0 Å². The van der Waals surface area contributed by atoms with Crippen LogP contribution in [0, 0.1) is 11.3 Å². The molecule has 1 aromatic rings. The van der Waals surface area contributed by atoms with Crippen LogP contribution in [-0.4, -0.2) is 30.4 Å². The molecule has 0 N–H and O–H groups in total. The molecule has 160 valence electrons. The fourth-order valence-electron chi connectivity index (χ4n) is 4.56. The number of esters is 1. The van der Waals surface area contributed by atoms with E-state index in [0.29, 0.717) is 35.6 Å². The van der Waals surface area contributed by atoms with Crippen molar-refractivity contribution < 1.29 is 23.8 Å².